The van der Waals surface area contributed by atoms with Gasteiger partial charge in [0.2, 0.25) is 0 Å². The van der Waals surface area contributed by atoms with Crippen LogP contribution in [0.4, 0.5) is 5.69 Å². The number of ether oxygens (including phenoxy) is 2. The molecule has 1 saturated heterocycles. The topological polar surface area (TPSA) is 81.0 Å². The number of rotatable bonds is 7. The minimum atomic E-state index is -0.473. The number of fused-ring (bicyclic) bond motifs is 1. The number of nitrogens with one attached hydrogen (secondary N) is 1. The molecule has 2 aromatic carbocycles. The van der Waals surface area contributed by atoms with E-state index in [2.05, 4.69) is 10.2 Å². The van der Waals surface area contributed by atoms with E-state index in [1.807, 2.05) is 49.4 Å². The van der Waals surface area contributed by atoms with Gasteiger partial charge in [0.1, 0.15) is 5.58 Å². The smallest absolute Gasteiger partial charge is 0.310 e. The molecule has 162 valence electrons. The third-order valence-corrected chi connectivity index (χ3v) is 5.26. The highest BCUT2D eigenvalue weighted by atomic mass is 16.5. The molecule has 1 aromatic heterocycles. The monoisotopic (exact) mass is 422 g/mol. The zero-order valence-corrected chi connectivity index (χ0v) is 17.6. The molecule has 0 spiro atoms. The Morgan fingerprint density at radius 1 is 1.10 bits per heavy atom. The van der Waals surface area contributed by atoms with Gasteiger partial charge in [-0.15, -0.1) is 0 Å². The molecule has 0 bridgehead atoms. The lowest BCUT2D eigenvalue weighted by molar-refractivity contribution is -0.146. The van der Waals surface area contributed by atoms with E-state index in [0.717, 1.165) is 54.9 Å². The van der Waals surface area contributed by atoms with Crippen molar-refractivity contribution in [2.45, 2.75) is 19.9 Å². The van der Waals surface area contributed by atoms with Crippen LogP contribution in [0.1, 0.15) is 16.7 Å². The molecule has 0 radical (unpaired) electrons. The van der Waals surface area contributed by atoms with Crippen molar-refractivity contribution in [1.82, 2.24) is 4.90 Å². The number of amides is 1. The van der Waals surface area contributed by atoms with Crippen LogP contribution in [0.15, 0.2) is 53.1 Å². The normalized spacial score (nSPS) is 14.5. The zero-order chi connectivity index (χ0) is 21.6. The second-order valence-corrected chi connectivity index (χ2v) is 7.73. The van der Waals surface area contributed by atoms with Crippen LogP contribution in [-0.4, -0.2) is 49.7 Å². The molecule has 0 saturated carbocycles. The maximum Gasteiger partial charge on any atom is 0.310 e. The lowest BCUT2D eigenvalue weighted by Gasteiger charge is -2.26. The second kappa shape index (κ2) is 9.76. The van der Waals surface area contributed by atoms with E-state index in [4.69, 9.17) is 13.9 Å². The molecule has 2 heterocycles. The lowest BCUT2D eigenvalue weighted by atomic mass is 10.1. The van der Waals surface area contributed by atoms with Crippen molar-refractivity contribution in [3.8, 4) is 0 Å². The van der Waals surface area contributed by atoms with Crippen molar-refractivity contribution in [2.24, 2.45) is 0 Å². The number of hydrogen-bond donors (Lipinski definition) is 1. The molecule has 7 heteroatoms. The number of carbonyl (C=O) groups is 2. The quantitative estimate of drug-likeness (QED) is 0.589. The summed E-state index contributed by atoms with van der Waals surface area (Å²) in [5, 5.41) is 3.63. The first-order valence-electron chi connectivity index (χ1n) is 10.4. The summed E-state index contributed by atoms with van der Waals surface area (Å²) in [6, 6.07) is 13.5. The van der Waals surface area contributed by atoms with Crippen LogP contribution >= 0.6 is 0 Å². The van der Waals surface area contributed by atoms with Gasteiger partial charge in [-0.2, -0.15) is 0 Å². The average Bonchev–Trinajstić information content (AvgIpc) is 3.16. The number of carbonyl (C=O) groups excluding carboxylic acids is 2. The molecule has 4 rings (SSSR count). The molecule has 1 aliphatic heterocycles. The summed E-state index contributed by atoms with van der Waals surface area (Å²) in [5.41, 5.74) is 4.41. The van der Waals surface area contributed by atoms with Gasteiger partial charge in [-0.05, 0) is 36.2 Å². The SMILES string of the molecule is Cc1ccc2c(CC(=O)OCC(=O)Nc3ccc(CN4CCOCC4)cc3)coc2c1. The first kappa shape index (κ1) is 21.1. The fourth-order valence-corrected chi connectivity index (χ4v) is 3.59. The van der Waals surface area contributed by atoms with E-state index >= 15 is 0 Å². The van der Waals surface area contributed by atoms with Crippen LogP contribution < -0.4 is 5.32 Å². The zero-order valence-electron chi connectivity index (χ0n) is 17.6. The third-order valence-electron chi connectivity index (χ3n) is 5.26. The molecule has 0 atom stereocenters. The van der Waals surface area contributed by atoms with Gasteiger partial charge in [0.05, 0.1) is 25.9 Å². The molecule has 1 N–H and O–H groups in total. The fourth-order valence-electron chi connectivity index (χ4n) is 3.59. The Balaban J connectivity index is 1.23. The van der Waals surface area contributed by atoms with Crippen LogP contribution in [0.25, 0.3) is 11.0 Å². The first-order chi connectivity index (χ1) is 15.1. The van der Waals surface area contributed by atoms with E-state index in [9.17, 15) is 9.59 Å². The predicted molar refractivity (Wildman–Crippen MR) is 117 cm³/mol. The summed E-state index contributed by atoms with van der Waals surface area (Å²) in [7, 11) is 0. The van der Waals surface area contributed by atoms with Crippen molar-refractivity contribution in [3.63, 3.8) is 0 Å². The average molecular weight is 422 g/mol. The van der Waals surface area contributed by atoms with Crippen LogP contribution in [-0.2, 0) is 32.0 Å². The van der Waals surface area contributed by atoms with Gasteiger partial charge in [-0.25, -0.2) is 0 Å². The maximum absolute atomic E-state index is 12.2. The first-order valence-corrected chi connectivity index (χ1v) is 10.4. The molecular formula is C24H26N2O5. The number of hydrogen-bond acceptors (Lipinski definition) is 6. The van der Waals surface area contributed by atoms with E-state index in [-0.39, 0.29) is 18.9 Å². The summed E-state index contributed by atoms with van der Waals surface area (Å²) >= 11 is 0. The van der Waals surface area contributed by atoms with Crippen molar-refractivity contribution in [1.29, 1.82) is 0 Å². The number of furan rings is 1. The fraction of sp³-hybridized carbons (Fsp3) is 0.333. The van der Waals surface area contributed by atoms with Crippen molar-refractivity contribution in [2.75, 3.05) is 38.2 Å². The standard InChI is InChI=1S/C24H26N2O5/c1-17-2-7-21-19(15-30-22(21)12-17)13-24(28)31-16-23(27)25-20-5-3-18(4-6-20)14-26-8-10-29-11-9-26/h2-7,12,15H,8-11,13-14,16H2,1H3,(H,25,27). The summed E-state index contributed by atoms with van der Waals surface area (Å²) in [4.78, 5) is 26.6. The van der Waals surface area contributed by atoms with Gasteiger partial charge < -0.3 is 19.2 Å². The van der Waals surface area contributed by atoms with Crippen molar-refractivity contribution < 1.29 is 23.5 Å². The summed E-state index contributed by atoms with van der Waals surface area (Å²) < 4.78 is 16.0. The Bertz CT molecular complexity index is 1050. The molecule has 3 aromatic rings. The van der Waals surface area contributed by atoms with Gasteiger partial charge in [-0.3, -0.25) is 14.5 Å². The van der Waals surface area contributed by atoms with E-state index in [1.165, 1.54) is 5.56 Å². The molecule has 1 amide bonds. The Hall–Kier alpha value is -3.16. The molecule has 1 fully saturated rings. The molecular weight excluding hydrogens is 396 g/mol. The van der Waals surface area contributed by atoms with Gasteiger partial charge in [0, 0.05) is 36.3 Å². The third kappa shape index (κ3) is 5.71. The number of aryl methyl sites for hydroxylation is 1. The van der Waals surface area contributed by atoms with E-state index in [1.54, 1.807) is 6.26 Å². The Morgan fingerprint density at radius 3 is 2.65 bits per heavy atom. The minimum absolute atomic E-state index is 0.0551. The van der Waals surface area contributed by atoms with E-state index < -0.39 is 5.97 Å². The number of benzene rings is 2. The van der Waals surface area contributed by atoms with Crippen molar-refractivity contribution >= 4 is 28.5 Å². The van der Waals surface area contributed by atoms with E-state index in [0.29, 0.717) is 5.69 Å². The molecule has 31 heavy (non-hydrogen) atoms. The van der Waals surface area contributed by atoms with Crippen LogP contribution in [0.2, 0.25) is 0 Å². The largest absolute Gasteiger partial charge is 0.464 e. The molecule has 0 aliphatic carbocycles. The van der Waals surface area contributed by atoms with Gasteiger partial charge in [0.25, 0.3) is 5.91 Å². The van der Waals surface area contributed by atoms with Crippen LogP contribution in [0.5, 0.6) is 0 Å². The highest BCUT2D eigenvalue weighted by Crippen LogP contribution is 2.23. The van der Waals surface area contributed by atoms with Gasteiger partial charge in [-0.1, -0.05) is 24.3 Å². The highest BCUT2D eigenvalue weighted by molar-refractivity contribution is 5.93. The van der Waals surface area contributed by atoms with Crippen LogP contribution in [0, 0.1) is 6.92 Å². The van der Waals surface area contributed by atoms with Crippen molar-refractivity contribution in [3.05, 3.63) is 65.4 Å². The number of anilines is 1. The Labute approximate surface area is 180 Å². The maximum atomic E-state index is 12.2. The Morgan fingerprint density at radius 2 is 1.87 bits per heavy atom. The minimum Gasteiger partial charge on any atom is -0.464 e. The lowest BCUT2D eigenvalue weighted by Crippen LogP contribution is -2.35. The summed E-state index contributed by atoms with van der Waals surface area (Å²) in [6.45, 7) is 5.90. The molecule has 0 unspecified atom stereocenters. The molecule has 7 nitrogen and oxygen atoms in total. The number of esters is 1. The molecule has 1 aliphatic rings. The van der Waals surface area contributed by atoms with Crippen LogP contribution in [0.3, 0.4) is 0 Å². The second-order valence-electron chi connectivity index (χ2n) is 7.73. The van der Waals surface area contributed by atoms with Gasteiger partial charge >= 0.3 is 5.97 Å². The Kier molecular flexibility index (Phi) is 6.64. The highest BCUT2D eigenvalue weighted by Gasteiger charge is 2.14. The summed E-state index contributed by atoms with van der Waals surface area (Å²) in [6.07, 6.45) is 1.61. The van der Waals surface area contributed by atoms with Gasteiger partial charge in [0.15, 0.2) is 6.61 Å². The predicted octanol–water partition coefficient (Wildman–Crippen LogP) is 3.30. The summed E-state index contributed by atoms with van der Waals surface area (Å²) in [5.74, 6) is -0.846. The number of nitrogens with zero attached hydrogens (tertiary/aromatic N) is 1. The number of morpholine rings is 1.